The lowest BCUT2D eigenvalue weighted by Gasteiger charge is -2.22. The number of piperidine rings is 1. The highest BCUT2D eigenvalue weighted by Crippen LogP contribution is 2.25. The van der Waals surface area contributed by atoms with Gasteiger partial charge in [-0.3, -0.25) is 9.59 Å². The fourth-order valence-corrected chi connectivity index (χ4v) is 2.68. The minimum absolute atomic E-state index is 0.0228. The highest BCUT2D eigenvalue weighted by molar-refractivity contribution is 6.02. The first-order valence-corrected chi connectivity index (χ1v) is 6.67. The molecule has 0 radical (unpaired) electrons. The van der Waals surface area contributed by atoms with Gasteiger partial charge >= 0.3 is 0 Å². The van der Waals surface area contributed by atoms with Crippen molar-refractivity contribution in [2.45, 2.75) is 19.4 Å². The van der Waals surface area contributed by atoms with Crippen molar-refractivity contribution in [3.05, 3.63) is 29.3 Å². The Morgan fingerprint density at radius 3 is 3.05 bits per heavy atom. The second-order valence-electron chi connectivity index (χ2n) is 5.05. The van der Waals surface area contributed by atoms with Crippen LogP contribution in [0.15, 0.2) is 18.2 Å². The average Bonchev–Trinajstić information content (AvgIpc) is 2.83. The molecule has 0 saturated carbocycles. The van der Waals surface area contributed by atoms with Crippen molar-refractivity contribution in [1.82, 2.24) is 10.6 Å². The SMILES string of the molecule is O=C1NCc2c(NC(=O)[C@H]3CCCNC3)cccc21. The Kier molecular flexibility index (Phi) is 3.21. The van der Waals surface area contributed by atoms with Gasteiger partial charge in [0.15, 0.2) is 0 Å². The summed E-state index contributed by atoms with van der Waals surface area (Å²) in [6, 6.07) is 5.45. The van der Waals surface area contributed by atoms with Gasteiger partial charge in [0.2, 0.25) is 5.91 Å². The lowest BCUT2D eigenvalue weighted by Crippen LogP contribution is -2.37. The summed E-state index contributed by atoms with van der Waals surface area (Å²) >= 11 is 0. The van der Waals surface area contributed by atoms with Crippen LogP contribution in [0, 0.1) is 5.92 Å². The number of nitrogens with one attached hydrogen (secondary N) is 3. The van der Waals surface area contributed by atoms with Crippen LogP contribution in [-0.2, 0) is 11.3 Å². The van der Waals surface area contributed by atoms with E-state index < -0.39 is 0 Å². The van der Waals surface area contributed by atoms with Crippen LogP contribution in [0.4, 0.5) is 5.69 Å². The lowest BCUT2D eigenvalue weighted by molar-refractivity contribution is -0.120. The zero-order valence-electron chi connectivity index (χ0n) is 10.7. The number of anilines is 1. The maximum Gasteiger partial charge on any atom is 0.251 e. The first kappa shape index (κ1) is 12.2. The van der Waals surface area contributed by atoms with E-state index in [4.69, 9.17) is 0 Å². The second kappa shape index (κ2) is 5.01. The molecule has 3 N–H and O–H groups in total. The van der Waals surface area contributed by atoms with E-state index in [9.17, 15) is 9.59 Å². The number of carbonyl (C=O) groups excluding carboxylic acids is 2. The van der Waals surface area contributed by atoms with Gasteiger partial charge in [0, 0.05) is 29.9 Å². The first-order valence-electron chi connectivity index (χ1n) is 6.67. The Labute approximate surface area is 111 Å². The Morgan fingerprint density at radius 1 is 1.37 bits per heavy atom. The van der Waals surface area contributed by atoms with E-state index in [0.29, 0.717) is 12.1 Å². The monoisotopic (exact) mass is 259 g/mol. The fourth-order valence-electron chi connectivity index (χ4n) is 2.68. The molecule has 1 atom stereocenters. The van der Waals surface area contributed by atoms with Gasteiger partial charge in [-0.1, -0.05) is 6.07 Å². The number of hydrogen-bond donors (Lipinski definition) is 3. The molecule has 1 fully saturated rings. The Bertz CT molecular complexity index is 521. The van der Waals surface area contributed by atoms with Gasteiger partial charge in [-0.2, -0.15) is 0 Å². The fraction of sp³-hybridized carbons (Fsp3) is 0.429. The van der Waals surface area contributed by atoms with Crippen molar-refractivity contribution in [2.75, 3.05) is 18.4 Å². The molecule has 0 aromatic heterocycles. The van der Waals surface area contributed by atoms with Gasteiger partial charge in [-0.05, 0) is 31.5 Å². The van der Waals surface area contributed by atoms with Crippen LogP contribution in [0.25, 0.3) is 0 Å². The minimum Gasteiger partial charge on any atom is -0.348 e. The summed E-state index contributed by atoms with van der Waals surface area (Å²) in [5, 5.41) is 8.97. The van der Waals surface area contributed by atoms with Crippen LogP contribution in [0.1, 0.15) is 28.8 Å². The van der Waals surface area contributed by atoms with Crippen molar-refractivity contribution in [3.63, 3.8) is 0 Å². The third-order valence-electron chi connectivity index (χ3n) is 3.77. The molecule has 3 rings (SSSR count). The van der Waals surface area contributed by atoms with Crippen LogP contribution < -0.4 is 16.0 Å². The molecular formula is C14H17N3O2. The van der Waals surface area contributed by atoms with Gasteiger partial charge in [-0.25, -0.2) is 0 Å². The molecule has 1 aromatic carbocycles. The summed E-state index contributed by atoms with van der Waals surface area (Å²) < 4.78 is 0. The van der Waals surface area contributed by atoms with E-state index >= 15 is 0 Å². The molecule has 5 nitrogen and oxygen atoms in total. The highest BCUT2D eigenvalue weighted by atomic mass is 16.2. The topological polar surface area (TPSA) is 70.2 Å². The molecule has 19 heavy (non-hydrogen) atoms. The second-order valence-corrected chi connectivity index (χ2v) is 5.05. The van der Waals surface area contributed by atoms with E-state index in [0.717, 1.165) is 37.2 Å². The number of hydrogen-bond acceptors (Lipinski definition) is 3. The molecule has 2 aliphatic heterocycles. The van der Waals surface area contributed by atoms with E-state index in [1.807, 2.05) is 6.07 Å². The quantitative estimate of drug-likeness (QED) is 0.738. The predicted octanol–water partition coefficient (Wildman–Crippen LogP) is 0.868. The number of benzene rings is 1. The summed E-state index contributed by atoms with van der Waals surface area (Å²) in [5.74, 6) is 0.0000471. The van der Waals surface area contributed by atoms with Gasteiger partial charge < -0.3 is 16.0 Å². The van der Waals surface area contributed by atoms with Gasteiger partial charge in [0.25, 0.3) is 5.91 Å². The smallest absolute Gasteiger partial charge is 0.251 e. The zero-order chi connectivity index (χ0) is 13.2. The van der Waals surface area contributed by atoms with E-state index in [-0.39, 0.29) is 17.7 Å². The molecule has 0 spiro atoms. The molecule has 2 heterocycles. The number of rotatable bonds is 2. The van der Waals surface area contributed by atoms with Gasteiger partial charge in [0.05, 0.1) is 5.92 Å². The van der Waals surface area contributed by atoms with Crippen LogP contribution in [0.2, 0.25) is 0 Å². The Morgan fingerprint density at radius 2 is 2.26 bits per heavy atom. The maximum atomic E-state index is 12.2. The molecule has 0 aliphatic carbocycles. The van der Waals surface area contributed by atoms with Crippen LogP contribution in [-0.4, -0.2) is 24.9 Å². The third kappa shape index (κ3) is 2.33. The molecular weight excluding hydrogens is 242 g/mol. The van der Waals surface area contributed by atoms with Gasteiger partial charge in [-0.15, -0.1) is 0 Å². The summed E-state index contributed by atoms with van der Waals surface area (Å²) in [6.45, 7) is 2.22. The summed E-state index contributed by atoms with van der Waals surface area (Å²) in [6.07, 6.45) is 1.95. The molecule has 100 valence electrons. The molecule has 5 heteroatoms. The van der Waals surface area contributed by atoms with Crippen molar-refractivity contribution in [1.29, 1.82) is 0 Å². The molecule has 2 aliphatic rings. The molecule has 0 unspecified atom stereocenters. The highest BCUT2D eigenvalue weighted by Gasteiger charge is 2.25. The zero-order valence-corrected chi connectivity index (χ0v) is 10.7. The summed E-state index contributed by atoms with van der Waals surface area (Å²) in [4.78, 5) is 23.8. The minimum atomic E-state index is -0.0644. The van der Waals surface area contributed by atoms with Crippen LogP contribution in [0.5, 0.6) is 0 Å². The van der Waals surface area contributed by atoms with Crippen molar-refractivity contribution >= 4 is 17.5 Å². The molecule has 1 aromatic rings. The standard InChI is InChI=1S/C14H17N3O2/c18-13(9-3-2-6-15-7-9)17-12-5-1-4-10-11(12)8-16-14(10)19/h1,4-5,9,15H,2-3,6-8H2,(H,16,19)(H,17,18)/t9-/m0/s1. The van der Waals surface area contributed by atoms with E-state index in [2.05, 4.69) is 16.0 Å². The Hall–Kier alpha value is -1.88. The predicted molar refractivity (Wildman–Crippen MR) is 71.8 cm³/mol. The first-order chi connectivity index (χ1) is 9.25. The normalized spacial score (nSPS) is 21.7. The lowest BCUT2D eigenvalue weighted by atomic mass is 9.98. The average molecular weight is 259 g/mol. The summed E-state index contributed by atoms with van der Waals surface area (Å²) in [7, 11) is 0. The largest absolute Gasteiger partial charge is 0.348 e. The maximum absolute atomic E-state index is 12.2. The van der Waals surface area contributed by atoms with Crippen molar-refractivity contribution < 1.29 is 9.59 Å². The third-order valence-corrected chi connectivity index (χ3v) is 3.77. The summed E-state index contributed by atoms with van der Waals surface area (Å²) in [5.41, 5.74) is 2.32. The van der Waals surface area contributed by atoms with Crippen molar-refractivity contribution in [2.24, 2.45) is 5.92 Å². The Balaban J connectivity index is 1.77. The molecule has 2 amide bonds. The van der Waals surface area contributed by atoms with Gasteiger partial charge in [0.1, 0.15) is 0 Å². The molecule has 0 bridgehead atoms. The van der Waals surface area contributed by atoms with Crippen LogP contribution >= 0.6 is 0 Å². The number of carbonyl (C=O) groups is 2. The number of amides is 2. The van der Waals surface area contributed by atoms with Crippen molar-refractivity contribution in [3.8, 4) is 0 Å². The number of fused-ring (bicyclic) bond motifs is 1. The van der Waals surface area contributed by atoms with E-state index in [1.54, 1.807) is 12.1 Å². The van der Waals surface area contributed by atoms with E-state index in [1.165, 1.54) is 0 Å². The van der Waals surface area contributed by atoms with Crippen LogP contribution in [0.3, 0.4) is 0 Å². The molecule has 1 saturated heterocycles.